The van der Waals surface area contributed by atoms with Crippen molar-refractivity contribution >= 4 is 0 Å². The molecular formula is C14H30O3. The van der Waals surface area contributed by atoms with Gasteiger partial charge >= 0.3 is 0 Å². The highest BCUT2D eigenvalue weighted by molar-refractivity contribution is 4.54. The standard InChI is InChI=1S/C14H30O3/c1-4-7-9-10-12-15-17-16-13-14(6-3)11-8-5-2/h14H,4-13H2,1-3H3. The number of hydrogen-bond acceptors (Lipinski definition) is 3. The van der Waals surface area contributed by atoms with Crippen molar-refractivity contribution in [1.29, 1.82) is 0 Å². The molecule has 1 unspecified atom stereocenters. The molecule has 3 heteroatoms. The van der Waals surface area contributed by atoms with Crippen LogP contribution in [0.2, 0.25) is 0 Å². The molecule has 3 nitrogen and oxygen atoms in total. The van der Waals surface area contributed by atoms with Crippen LogP contribution in [0, 0.1) is 5.92 Å². The lowest BCUT2D eigenvalue weighted by Gasteiger charge is -2.12. The van der Waals surface area contributed by atoms with Gasteiger partial charge in [0.15, 0.2) is 0 Å². The molecule has 1 atom stereocenters. The molecule has 0 amide bonds. The van der Waals surface area contributed by atoms with Gasteiger partial charge in [-0.25, -0.2) is 9.78 Å². The largest absolute Gasteiger partial charge is 0.206 e. The predicted molar refractivity (Wildman–Crippen MR) is 70.4 cm³/mol. The van der Waals surface area contributed by atoms with Crippen molar-refractivity contribution in [2.45, 2.75) is 72.1 Å². The number of rotatable bonds is 13. The van der Waals surface area contributed by atoms with Crippen LogP contribution in [0.4, 0.5) is 0 Å². The molecule has 0 aliphatic heterocycles. The summed E-state index contributed by atoms with van der Waals surface area (Å²) in [5, 5.41) is 4.73. The summed E-state index contributed by atoms with van der Waals surface area (Å²) in [5.41, 5.74) is 0. The lowest BCUT2D eigenvalue weighted by Crippen LogP contribution is -2.10. The molecule has 0 saturated heterocycles. The molecule has 0 fully saturated rings. The Bertz CT molecular complexity index is 139. The second-order valence-electron chi connectivity index (χ2n) is 4.65. The van der Waals surface area contributed by atoms with Gasteiger partial charge in [0, 0.05) is 0 Å². The Morgan fingerprint density at radius 2 is 1.59 bits per heavy atom. The van der Waals surface area contributed by atoms with E-state index in [2.05, 4.69) is 20.8 Å². The Morgan fingerprint density at radius 3 is 2.24 bits per heavy atom. The minimum Gasteiger partial charge on any atom is -0.206 e. The molecule has 17 heavy (non-hydrogen) atoms. The monoisotopic (exact) mass is 246 g/mol. The van der Waals surface area contributed by atoms with Crippen LogP contribution >= 0.6 is 0 Å². The van der Waals surface area contributed by atoms with Crippen LogP contribution in [-0.2, 0) is 14.8 Å². The first kappa shape index (κ1) is 16.9. The Kier molecular flexibility index (Phi) is 13.8. The molecule has 0 N–H and O–H groups in total. The average molecular weight is 246 g/mol. The second-order valence-corrected chi connectivity index (χ2v) is 4.65. The van der Waals surface area contributed by atoms with Gasteiger partial charge in [-0.05, 0) is 18.8 Å². The maximum Gasteiger partial charge on any atom is 0.0881 e. The first-order valence-corrected chi connectivity index (χ1v) is 7.26. The average Bonchev–Trinajstić information content (AvgIpc) is 2.36. The smallest absolute Gasteiger partial charge is 0.0881 e. The Hall–Kier alpha value is -0.120. The molecule has 0 rings (SSSR count). The van der Waals surface area contributed by atoms with E-state index in [1.807, 2.05) is 0 Å². The van der Waals surface area contributed by atoms with Crippen LogP contribution in [0.25, 0.3) is 0 Å². The molecule has 0 spiro atoms. The Balaban J connectivity index is 3.19. The van der Waals surface area contributed by atoms with Crippen molar-refractivity contribution in [1.82, 2.24) is 0 Å². The zero-order valence-corrected chi connectivity index (χ0v) is 11.9. The number of hydrogen-bond donors (Lipinski definition) is 0. The van der Waals surface area contributed by atoms with E-state index in [-0.39, 0.29) is 0 Å². The summed E-state index contributed by atoms with van der Waals surface area (Å²) in [4.78, 5) is 10.0. The van der Waals surface area contributed by atoms with Gasteiger partial charge in [0.05, 0.1) is 13.2 Å². The fourth-order valence-electron chi connectivity index (χ4n) is 1.68. The summed E-state index contributed by atoms with van der Waals surface area (Å²) in [6.07, 6.45) is 9.61. The third-order valence-electron chi connectivity index (χ3n) is 3.02. The molecule has 0 aliphatic carbocycles. The fourth-order valence-corrected chi connectivity index (χ4v) is 1.68. The number of unbranched alkanes of at least 4 members (excludes halogenated alkanes) is 4. The Labute approximate surface area is 107 Å². The molecule has 0 aromatic carbocycles. The lowest BCUT2D eigenvalue weighted by molar-refractivity contribution is -0.515. The van der Waals surface area contributed by atoms with Gasteiger partial charge in [-0.15, -0.1) is 0 Å². The van der Waals surface area contributed by atoms with Crippen molar-refractivity contribution in [2.24, 2.45) is 5.92 Å². The molecule has 0 radical (unpaired) electrons. The van der Waals surface area contributed by atoms with E-state index in [9.17, 15) is 0 Å². The summed E-state index contributed by atoms with van der Waals surface area (Å²) < 4.78 is 0. The lowest BCUT2D eigenvalue weighted by atomic mass is 10.0. The first-order valence-electron chi connectivity index (χ1n) is 7.26. The highest BCUT2D eigenvalue weighted by Gasteiger charge is 2.06. The maximum absolute atomic E-state index is 5.07. The molecular weight excluding hydrogens is 216 g/mol. The minimum atomic E-state index is 0.596. The van der Waals surface area contributed by atoms with Gasteiger partial charge in [0.2, 0.25) is 0 Å². The van der Waals surface area contributed by atoms with Gasteiger partial charge in [-0.1, -0.05) is 64.3 Å². The molecule has 0 aliphatic rings. The second kappa shape index (κ2) is 13.9. The van der Waals surface area contributed by atoms with E-state index in [0.29, 0.717) is 19.1 Å². The van der Waals surface area contributed by atoms with Gasteiger partial charge in [0.1, 0.15) is 0 Å². The summed E-state index contributed by atoms with van der Waals surface area (Å²) in [5.74, 6) is 0.596. The van der Waals surface area contributed by atoms with Gasteiger partial charge < -0.3 is 0 Å². The van der Waals surface area contributed by atoms with Gasteiger partial charge in [-0.3, -0.25) is 0 Å². The normalized spacial score (nSPS) is 12.9. The van der Waals surface area contributed by atoms with E-state index in [1.165, 1.54) is 38.5 Å². The third-order valence-corrected chi connectivity index (χ3v) is 3.02. The van der Waals surface area contributed by atoms with E-state index in [0.717, 1.165) is 12.8 Å². The Morgan fingerprint density at radius 1 is 0.824 bits per heavy atom. The quantitative estimate of drug-likeness (QED) is 0.269. The molecule has 0 aromatic heterocycles. The van der Waals surface area contributed by atoms with E-state index < -0.39 is 0 Å². The maximum atomic E-state index is 5.07. The molecule has 0 saturated carbocycles. The first-order chi connectivity index (χ1) is 8.35. The van der Waals surface area contributed by atoms with Crippen molar-refractivity contribution in [2.75, 3.05) is 13.2 Å². The van der Waals surface area contributed by atoms with Crippen LogP contribution in [0.5, 0.6) is 0 Å². The summed E-state index contributed by atoms with van der Waals surface area (Å²) >= 11 is 0. The van der Waals surface area contributed by atoms with Crippen LogP contribution in [0.15, 0.2) is 0 Å². The summed E-state index contributed by atoms with van der Waals surface area (Å²) in [7, 11) is 0. The van der Waals surface area contributed by atoms with Crippen molar-refractivity contribution in [3.8, 4) is 0 Å². The van der Waals surface area contributed by atoms with Crippen LogP contribution in [-0.4, -0.2) is 13.2 Å². The highest BCUT2D eigenvalue weighted by atomic mass is 17.5. The zero-order valence-electron chi connectivity index (χ0n) is 11.9. The zero-order chi connectivity index (χ0) is 12.8. The summed E-state index contributed by atoms with van der Waals surface area (Å²) in [6, 6.07) is 0. The SMILES string of the molecule is CCCCCCOOOCC(CC)CCCC. The van der Waals surface area contributed by atoms with Crippen LogP contribution in [0.1, 0.15) is 72.1 Å². The predicted octanol–water partition coefficient (Wildman–Crippen LogP) is 4.66. The van der Waals surface area contributed by atoms with Crippen molar-refractivity contribution in [3.05, 3.63) is 0 Å². The summed E-state index contributed by atoms with van der Waals surface area (Å²) in [6.45, 7) is 7.87. The van der Waals surface area contributed by atoms with E-state index in [1.54, 1.807) is 0 Å². The van der Waals surface area contributed by atoms with Gasteiger partial charge in [0.25, 0.3) is 0 Å². The van der Waals surface area contributed by atoms with Crippen LogP contribution in [0.3, 0.4) is 0 Å². The molecule has 104 valence electrons. The molecule has 0 heterocycles. The molecule has 0 bridgehead atoms. The topological polar surface area (TPSA) is 27.7 Å². The fraction of sp³-hybridized carbons (Fsp3) is 1.00. The van der Waals surface area contributed by atoms with E-state index in [4.69, 9.17) is 14.8 Å². The van der Waals surface area contributed by atoms with Gasteiger partial charge in [-0.2, -0.15) is 0 Å². The third kappa shape index (κ3) is 12.1. The van der Waals surface area contributed by atoms with Crippen LogP contribution < -0.4 is 0 Å². The highest BCUT2D eigenvalue weighted by Crippen LogP contribution is 2.12. The van der Waals surface area contributed by atoms with Crippen molar-refractivity contribution in [3.63, 3.8) is 0 Å². The molecule has 0 aromatic rings. The van der Waals surface area contributed by atoms with E-state index >= 15 is 0 Å². The van der Waals surface area contributed by atoms with Crippen molar-refractivity contribution < 1.29 is 14.8 Å². The minimum absolute atomic E-state index is 0.596.